The summed E-state index contributed by atoms with van der Waals surface area (Å²) in [5.41, 5.74) is 3.10. The summed E-state index contributed by atoms with van der Waals surface area (Å²) >= 11 is 20.7. The molecule has 0 aliphatic heterocycles. The number of carbonyl (C=O) groups excluding carboxylic acids is 3. The molecular formula is C33H23Cl3N4O3S2. The van der Waals surface area contributed by atoms with E-state index in [1.165, 1.54) is 23.1 Å². The lowest BCUT2D eigenvalue weighted by Crippen LogP contribution is -2.30. The van der Waals surface area contributed by atoms with Gasteiger partial charge in [-0.25, -0.2) is 4.98 Å². The number of carbonyl (C=O) groups is 3. The van der Waals surface area contributed by atoms with E-state index in [1.54, 1.807) is 91.0 Å². The standard InChI is InChI=1S/C33H23Cl3N4O3S2/c34-23-12-9-20(10-13-23)15-28(38-31(42)21-5-2-1-3-6-21)32(43)37-24-7-4-8-25(17-24)44-19-30(41)40-33-39-29(18-45-33)22-11-14-26(35)27(36)16-22/h1-18H,19H2,(H,37,43)(H,38,42)(H,39,40,41)/b28-15-. The van der Waals surface area contributed by atoms with Gasteiger partial charge in [-0.05, 0) is 66.2 Å². The largest absolute Gasteiger partial charge is 0.321 e. The predicted molar refractivity (Wildman–Crippen MR) is 185 cm³/mol. The smallest absolute Gasteiger partial charge is 0.272 e. The van der Waals surface area contributed by atoms with Crippen molar-refractivity contribution in [3.8, 4) is 11.3 Å². The quantitative estimate of drug-likeness (QED) is 0.100. The van der Waals surface area contributed by atoms with Crippen molar-refractivity contribution >= 4 is 92.5 Å². The van der Waals surface area contributed by atoms with Crippen molar-refractivity contribution in [2.75, 3.05) is 16.4 Å². The lowest BCUT2D eigenvalue weighted by atomic mass is 10.1. The van der Waals surface area contributed by atoms with Gasteiger partial charge < -0.3 is 16.0 Å². The summed E-state index contributed by atoms with van der Waals surface area (Å²) in [6.07, 6.45) is 1.57. The number of thioether (sulfide) groups is 1. The van der Waals surface area contributed by atoms with Gasteiger partial charge in [0.15, 0.2) is 5.13 Å². The van der Waals surface area contributed by atoms with E-state index >= 15 is 0 Å². The lowest BCUT2D eigenvalue weighted by molar-refractivity contribution is -0.114. The molecular weight excluding hydrogens is 671 g/mol. The van der Waals surface area contributed by atoms with Crippen LogP contribution in [0.3, 0.4) is 0 Å². The van der Waals surface area contributed by atoms with E-state index in [0.717, 1.165) is 10.5 Å². The Morgan fingerprint density at radius 3 is 2.36 bits per heavy atom. The minimum atomic E-state index is -0.518. The second kappa shape index (κ2) is 15.2. The van der Waals surface area contributed by atoms with E-state index in [1.807, 2.05) is 17.5 Å². The summed E-state index contributed by atoms with van der Waals surface area (Å²) < 4.78 is 0. The zero-order valence-electron chi connectivity index (χ0n) is 23.2. The minimum Gasteiger partial charge on any atom is -0.321 e. The molecule has 226 valence electrons. The van der Waals surface area contributed by atoms with Crippen LogP contribution in [0.4, 0.5) is 10.8 Å². The van der Waals surface area contributed by atoms with Crippen molar-refractivity contribution in [2.45, 2.75) is 4.90 Å². The van der Waals surface area contributed by atoms with Gasteiger partial charge in [0.1, 0.15) is 5.70 Å². The van der Waals surface area contributed by atoms with E-state index in [0.29, 0.717) is 42.7 Å². The average molecular weight is 694 g/mol. The number of halogens is 3. The van der Waals surface area contributed by atoms with E-state index in [9.17, 15) is 14.4 Å². The Labute approximate surface area is 282 Å². The predicted octanol–water partition coefficient (Wildman–Crippen LogP) is 8.91. The molecule has 3 N–H and O–H groups in total. The van der Waals surface area contributed by atoms with Crippen molar-refractivity contribution in [3.05, 3.63) is 134 Å². The van der Waals surface area contributed by atoms with Gasteiger partial charge in [-0.15, -0.1) is 23.1 Å². The molecule has 5 rings (SSSR count). The van der Waals surface area contributed by atoms with Crippen LogP contribution < -0.4 is 16.0 Å². The number of amides is 3. The summed E-state index contributed by atoms with van der Waals surface area (Å²) in [5, 5.41) is 12.1. The number of thiazole rings is 1. The summed E-state index contributed by atoms with van der Waals surface area (Å²) in [6, 6.07) is 27.8. The molecule has 0 saturated heterocycles. The summed E-state index contributed by atoms with van der Waals surface area (Å²) in [5.74, 6) is -1.06. The number of nitrogens with one attached hydrogen (secondary N) is 3. The van der Waals surface area contributed by atoms with Crippen molar-refractivity contribution in [1.29, 1.82) is 0 Å². The first-order valence-corrected chi connectivity index (χ1v) is 16.3. The van der Waals surface area contributed by atoms with Crippen LogP contribution in [-0.4, -0.2) is 28.5 Å². The molecule has 12 heteroatoms. The van der Waals surface area contributed by atoms with Crippen LogP contribution in [0, 0.1) is 0 Å². The highest BCUT2D eigenvalue weighted by Gasteiger charge is 2.16. The molecule has 3 amide bonds. The molecule has 0 aliphatic carbocycles. The van der Waals surface area contributed by atoms with E-state index in [2.05, 4.69) is 20.9 Å². The third kappa shape index (κ3) is 9.20. The number of benzene rings is 4. The number of hydrogen-bond donors (Lipinski definition) is 3. The number of aromatic nitrogens is 1. The van der Waals surface area contributed by atoms with Crippen molar-refractivity contribution < 1.29 is 14.4 Å². The molecule has 0 fully saturated rings. The van der Waals surface area contributed by atoms with Crippen molar-refractivity contribution in [2.24, 2.45) is 0 Å². The first kappa shape index (κ1) is 32.3. The molecule has 1 heterocycles. The van der Waals surface area contributed by atoms with Crippen LogP contribution in [0.15, 0.2) is 113 Å². The molecule has 7 nitrogen and oxygen atoms in total. The number of anilines is 2. The summed E-state index contributed by atoms with van der Waals surface area (Å²) in [6.45, 7) is 0. The fourth-order valence-corrected chi connectivity index (χ4v) is 5.87. The third-order valence-corrected chi connectivity index (χ3v) is 8.88. The first-order chi connectivity index (χ1) is 21.7. The minimum absolute atomic E-state index is 0.0484. The molecule has 5 aromatic rings. The van der Waals surface area contributed by atoms with Crippen LogP contribution in [0.2, 0.25) is 15.1 Å². The molecule has 4 aromatic carbocycles. The highest BCUT2D eigenvalue weighted by molar-refractivity contribution is 8.00. The van der Waals surface area contributed by atoms with Gasteiger partial charge in [-0.2, -0.15) is 0 Å². The van der Waals surface area contributed by atoms with E-state index < -0.39 is 11.8 Å². The Balaban J connectivity index is 1.22. The molecule has 45 heavy (non-hydrogen) atoms. The van der Waals surface area contributed by atoms with Gasteiger partial charge >= 0.3 is 0 Å². The summed E-state index contributed by atoms with van der Waals surface area (Å²) in [4.78, 5) is 44.1. The zero-order chi connectivity index (χ0) is 31.8. The maximum atomic E-state index is 13.4. The Hall–Kier alpha value is -4.12. The SMILES string of the molecule is O=C(CSc1cccc(NC(=O)/C(=C/c2ccc(Cl)cc2)NC(=O)c2ccccc2)c1)Nc1nc(-c2ccc(Cl)c(Cl)c2)cs1. The molecule has 0 spiro atoms. The van der Waals surface area contributed by atoms with Crippen LogP contribution in [0.1, 0.15) is 15.9 Å². The van der Waals surface area contributed by atoms with E-state index in [-0.39, 0.29) is 17.4 Å². The van der Waals surface area contributed by atoms with Crippen LogP contribution >= 0.6 is 57.9 Å². The Morgan fingerprint density at radius 1 is 0.822 bits per heavy atom. The van der Waals surface area contributed by atoms with Gasteiger partial charge in [0.2, 0.25) is 5.91 Å². The van der Waals surface area contributed by atoms with Crippen LogP contribution in [0.5, 0.6) is 0 Å². The fraction of sp³-hybridized carbons (Fsp3) is 0.0303. The molecule has 0 aliphatic rings. The van der Waals surface area contributed by atoms with Gasteiger partial charge in [0.25, 0.3) is 11.8 Å². The van der Waals surface area contributed by atoms with Gasteiger partial charge in [0, 0.05) is 32.1 Å². The number of rotatable bonds is 10. The van der Waals surface area contributed by atoms with Crippen molar-refractivity contribution in [3.63, 3.8) is 0 Å². The molecule has 0 unspecified atom stereocenters. The molecule has 0 radical (unpaired) electrons. The van der Waals surface area contributed by atoms with Crippen molar-refractivity contribution in [1.82, 2.24) is 10.3 Å². The van der Waals surface area contributed by atoms with Gasteiger partial charge in [-0.1, -0.05) is 77.3 Å². The fourth-order valence-electron chi connectivity index (χ4n) is 3.95. The Morgan fingerprint density at radius 2 is 1.60 bits per heavy atom. The lowest BCUT2D eigenvalue weighted by Gasteiger charge is -2.12. The second-order valence-electron chi connectivity index (χ2n) is 9.42. The molecule has 0 atom stereocenters. The highest BCUT2D eigenvalue weighted by Crippen LogP contribution is 2.31. The topological polar surface area (TPSA) is 100 Å². The van der Waals surface area contributed by atoms with Gasteiger partial charge in [0.05, 0.1) is 21.5 Å². The second-order valence-corrected chi connectivity index (χ2v) is 12.6. The monoisotopic (exact) mass is 692 g/mol. The number of hydrogen-bond acceptors (Lipinski definition) is 6. The first-order valence-electron chi connectivity index (χ1n) is 13.3. The van der Waals surface area contributed by atoms with Gasteiger partial charge in [-0.3, -0.25) is 14.4 Å². The van der Waals surface area contributed by atoms with E-state index in [4.69, 9.17) is 34.8 Å². The van der Waals surface area contributed by atoms with Crippen LogP contribution in [0.25, 0.3) is 17.3 Å². The third-order valence-electron chi connectivity index (χ3n) is 6.14. The summed E-state index contributed by atoms with van der Waals surface area (Å²) in [7, 11) is 0. The molecule has 0 bridgehead atoms. The zero-order valence-corrected chi connectivity index (χ0v) is 27.1. The van der Waals surface area contributed by atoms with Crippen LogP contribution in [-0.2, 0) is 9.59 Å². The average Bonchev–Trinajstić information content (AvgIpc) is 3.51. The Bertz CT molecular complexity index is 1880. The number of nitrogens with zero attached hydrogens (tertiary/aromatic N) is 1. The molecule has 1 aromatic heterocycles. The Kier molecular flexibility index (Phi) is 10.9. The maximum absolute atomic E-state index is 13.4. The maximum Gasteiger partial charge on any atom is 0.272 e. The highest BCUT2D eigenvalue weighted by atomic mass is 35.5. The normalized spacial score (nSPS) is 11.1. The molecule has 0 saturated carbocycles.